The standard InChI is InChI=1S/C26H31Cl2NO2/c1-25-9-7-23(30)29(3)22(25)5-4-19-20(25)6-8-26(2)21(19)13-16(24(26)31)10-15-11-17(27)14-18(28)12-15/h7,9-12,14,19-22,24,31H,4-6,8,13H2,1-3H3/t19-,20-,21+,22?,24?,25-,26+/m1/s1. The average Bonchev–Trinajstić information content (AvgIpc) is 2.95. The van der Waals surface area contributed by atoms with E-state index in [1.807, 2.05) is 24.1 Å². The van der Waals surface area contributed by atoms with Crippen molar-refractivity contribution in [3.05, 3.63) is 51.5 Å². The van der Waals surface area contributed by atoms with Crippen LogP contribution in [0.1, 0.15) is 51.5 Å². The van der Waals surface area contributed by atoms with E-state index in [4.69, 9.17) is 23.2 Å². The number of halogens is 2. The van der Waals surface area contributed by atoms with E-state index in [2.05, 4.69) is 26.0 Å². The van der Waals surface area contributed by atoms with Gasteiger partial charge in [0.2, 0.25) is 5.91 Å². The Labute approximate surface area is 195 Å². The molecule has 31 heavy (non-hydrogen) atoms. The number of benzene rings is 1. The highest BCUT2D eigenvalue weighted by atomic mass is 35.5. The Kier molecular flexibility index (Phi) is 5.12. The third kappa shape index (κ3) is 3.22. The smallest absolute Gasteiger partial charge is 0.246 e. The maximum atomic E-state index is 12.3. The molecular formula is C26H31Cl2NO2. The Balaban J connectivity index is 1.48. The van der Waals surface area contributed by atoms with Gasteiger partial charge in [-0.2, -0.15) is 0 Å². The quantitative estimate of drug-likeness (QED) is 0.560. The summed E-state index contributed by atoms with van der Waals surface area (Å²) in [5, 5.41) is 12.6. The van der Waals surface area contributed by atoms with Crippen molar-refractivity contribution >= 4 is 35.2 Å². The first-order chi connectivity index (χ1) is 14.6. The molecule has 3 saturated carbocycles. The van der Waals surface area contributed by atoms with Crippen LogP contribution in [0.2, 0.25) is 10.0 Å². The lowest BCUT2D eigenvalue weighted by Gasteiger charge is -2.59. The summed E-state index contributed by atoms with van der Waals surface area (Å²) in [6, 6.07) is 5.84. The van der Waals surface area contributed by atoms with E-state index in [0.29, 0.717) is 27.8 Å². The molecule has 3 fully saturated rings. The number of rotatable bonds is 1. The Hall–Kier alpha value is -1.29. The largest absolute Gasteiger partial charge is 0.388 e. The van der Waals surface area contributed by atoms with Gasteiger partial charge in [0.25, 0.3) is 0 Å². The summed E-state index contributed by atoms with van der Waals surface area (Å²) in [7, 11) is 1.96. The molecule has 166 valence electrons. The monoisotopic (exact) mass is 459 g/mol. The number of aliphatic hydroxyl groups excluding tert-OH is 1. The zero-order valence-electron chi connectivity index (χ0n) is 18.4. The predicted octanol–water partition coefficient (Wildman–Crippen LogP) is 5.99. The van der Waals surface area contributed by atoms with E-state index >= 15 is 0 Å². The lowest BCUT2D eigenvalue weighted by Crippen LogP contribution is -2.59. The first-order valence-electron chi connectivity index (χ1n) is 11.4. The number of amides is 1. The molecule has 5 rings (SSSR count). The molecular weight excluding hydrogens is 429 g/mol. The van der Waals surface area contributed by atoms with Gasteiger partial charge in [0, 0.05) is 34.0 Å². The average molecular weight is 460 g/mol. The van der Waals surface area contributed by atoms with Crippen molar-refractivity contribution in [2.45, 2.75) is 58.1 Å². The molecule has 0 saturated heterocycles. The Morgan fingerprint density at radius 2 is 1.81 bits per heavy atom. The van der Waals surface area contributed by atoms with E-state index < -0.39 is 6.10 Å². The van der Waals surface area contributed by atoms with E-state index in [1.165, 1.54) is 0 Å². The van der Waals surface area contributed by atoms with Gasteiger partial charge in [-0.05, 0) is 85.3 Å². The predicted molar refractivity (Wildman–Crippen MR) is 126 cm³/mol. The van der Waals surface area contributed by atoms with Crippen LogP contribution in [0.3, 0.4) is 0 Å². The van der Waals surface area contributed by atoms with Crippen molar-refractivity contribution in [3.8, 4) is 0 Å². The molecule has 4 aliphatic rings. The maximum absolute atomic E-state index is 12.3. The van der Waals surface area contributed by atoms with Crippen molar-refractivity contribution in [2.75, 3.05) is 7.05 Å². The minimum absolute atomic E-state index is 0.0187. The van der Waals surface area contributed by atoms with Crippen LogP contribution in [0.4, 0.5) is 0 Å². The van der Waals surface area contributed by atoms with Crippen molar-refractivity contribution < 1.29 is 9.90 Å². The van der Waals surface area contributed by atoms with E-state index in [1.54, 1.807) is 12.1 Å². The molecule has 0 aromatic heterocycles. The maximum Gasteiger partial charge on any atom is 0.246 e. The van der Waals surface area contributed by atoms with Crippen molar-refractivity contribution in [1.82, 2.24) is 4.90 Å². The fourth-order valence-corrected chi connectivity index (χ4v) is 8.15. The molecule has 1 aromatic rings. The molecule has 7 atom stereocenters. The number of hydrogen-bond donors (Lipinski definition) is 1. The minimum atomic E-state index is -0.437. The summed E-state index contributed by atoms with van der Waals surface area (Å²) in [6.07, 6.45) is 10.8. The molecule has 1 amide bonds. The SMILES string of the molecule is CN1C(=O)C=C[C@@]2(C)C1CC[C@@H]1[C@H]2CC[C@]2(C)C(O)C(=Cc3cc(Cl)cc(Cl)c3)C[C@@H]12. The van der Waals surface area contributed by atoms with Gasteiger partial charge in [-0.1, -0.05) is 49.2 Å². The second-order valence-electron chi connectivity index (χ2n) is 10.7. The van der Waals surface area contributed by atoms with Gasteiger partial charge in [-0.25, -0.2) is 0 Å². The summed E-state index contributed by atoms with van der Waals surface area (Å²) in [6.45, 7) is 4.64. The number of hydrogen-bond acceptors (Lipinski definition) is 2. The fourth-order valence-electron chi connectivity index (χ4n) is 7.61. The fraction of sp³-hybridized carbons (Fsp3) is 0.577. The van der Waals surface area contributed by atoms with Crippen molar-refractivity contribution in [2.24, 2.45) is 28.6 Å². The van der Waals surface area contributed by atoms with Crippen LogP contribution in [-0.2, 0) is 4.79 Å². The van der Waals surface area contributed by atoms with Gasteiger partial charge in [-0.3, -0.25) is 4.79 Å². The topological polar surface area (TPSA) is 40.5 Å². The second-order valence-corrected chi connectivity index (χ2v) is 11.6. The molecule has 0 bridgehead atoms. The molecule has 1 aromatic carbocycles. The summed E-state index contributed by atoms with van der Waals surface area (Å²) < 4.78 is 0. The molecule has 1 heterocycles. The van der Waals surface area contributed by atoms with Gasteiger partial charge in [0.05, 0.1) is 6.10 Å². The second kappa shape index (κ2) is 7.37. The summed E-state index contributed by atoms with van der Waals surface area (Å²) >= 11 is 12.4. The molecule has 2 unspecified atom stereocenters. The first-order valence-corrected chi connectivity index (χ1v) is 12.2. The Bertz CT molecular complexity index is 967. The van der Waals surface area contributed by atoms with Gasteiger partial charge in [0.1, 0.15) is 0 Å². The van der Waals surface area contributed by atoms with E-state index in [9.17, 15) is 9.90 Å². The number of carbonyl (C=O) groups is 1. The highest BCUT2D eigenvalue weighted by molar-refractivity contribution is 6.34. The number of fused-ring (bicyclic) bond motifs is 5. The molecule has 0 radical (unpaired) electrons. The van der Waals surface area contributed by atoms with Crippen LogP contribution >= 0.6 is 23.2 Å². The Morgan fingerprint density at radius 1 is 1.10 bits per heavy atom. The van der Waals surface area contributed by atoms with Gasteiger partial charge >= 0.3 is 0 Å². The van der Waals surface area contributed by atoms with Gasteiger partial charge < -0.3 is 10.0 Å². The zero-order chi connectivity index (χ0) is 22.1. The summed E-state index contributed by atoms with van der Waals surface area (Å²) in [5.74, 6) is 1.69. The molecule has 1 aliphatic heterocycles. The molecule has 3 aliphatic carbocycles. The highest BCUT2D eigenvalue weighted by Gasteiger charge is 2.61. The molecule has 3 nitrogen and oxygen atoms in total. The minimum Gasteiger partial charge on any atom is -0.388 e. The van der Waals surface area contributed by atoms with E-state index in [0.717, 1.165) is 43.2 Å². The first kappa shape index (κ1) is 21.6. The number of nitrogens with zero attached hydrogens (tertiary/aromatic N) is 1. The molecule has 1 N–H and O–H groups in total. The Morgan fingerprint density at radius 3 is 2.52 bits per heavy atom. The number of likely N-dealkylation sites (N-methyl/N-ethyl adjacent to an activating group) is 1. The van der Waals surface area contributed by atoms with Crippen LogP contribution in [0, 0.1) is 28.6 Å². The van der Waals surface area contributed by atoms with Gasteiger partial charge in [0.15, 0.2) is 0 Å². The lowest BCUT2D eigenvalue weighted by atomic mass is 9.48. The van der Waals surface area contributed by atoms with Crippen LogP contribution in [-0.4, -0.2) is 35.1 Å². The van der Waals surface area contributed by atoms with Crippen LogP contribution in [0.15, 0.2) is 35.9 Å². The van der Waals surface area contributed by atoms with Crippen LogP contribution in [0.5, 0.6) is 0 Å². The zero-order valence-corrected chi connectivity index (χ0v) is 20.0. The van der Waals surface area contributed by atoms with Crippen molar-refractivity contribution in [3.63, 3.8) is 0 Å². The van der Waals surface area contributed by atoms with Gasteiger partial charge in [-0.15, -0.1) is 0 Å². The third-order valence-corrected chi connectivity index (χ3v) is 9.67. The summed E-state index contributed by atoms with van der Waals surface area (Å²) in [4.78, 5) is 14.2. The highest BCUT2D eigenvalue weighted by Crippen LogP contribution is 2.65. The molecule has 5 heteroatoms. The van der Waals surface area contributed by atoms with Crippen LogP contribution < -0.4 is 0 Å². The van der Waals surface area contributed by atoms with Crippen molar-refractivity contribution in [1.29, 1.82) is 0 Å². The number of carbonyl (C=O) groups excluding carboxylic acids is 1. The normalized spacial score (nSPS) is 43.0. The number of aliphatic hydroxyl groups is 1. The van der Waals surface area contributed by atoms with E-state index in [-0.39, 0.29) is 22.8 Å². The van der Waals surface area contributed by atoms with Crippen LogP contribution in [0.25, 0.3) is 6.08 Å². The lowest BCUT2D eigenvalue weighted by molar-refractivity contribution is -0.140. The summed E-state index contributed by atoms with van der Waals surface area (Å²) in [5.41, 5.74) is 1.98. The molecule has 0 spiro atoms. The third-order valence-electron chi connectivity index (χ3n) is 9.23.